The number of carbonyl (C=O) groups is 1. The van der Waals surface area contributed by atoms with E-state index in [2.05, 4.69) is 0 Å². The maximum Gasteiger partial charge on any atom is 0.179 e. The van der Waals surface area contributed by atoms with Gasteiger partial charge >= 0.3 is 0 Å². The molecule has 0 saturated heterocycles. The Balaban J connectivity index is 2.88. The number of ether oxygens (including phenoxy) is 1. The van der Waals surface area contributed by atoms with Gasteiger partial charge in [-0.2, -0.15) is 0 Å². The molecule has 0 N–H and O–H groups in total. The molecule has 0 fully saturated rings. The van der Waals surface area contributed by atoms with E-state index in [1.165, 1.54) is 13.2 Å². The van der Waals surface area contributed by atoms with Crippen LogP contribution in [0.15, 0.2) is 24.5 Å². The van der Waals surface area contributed by atoms with Crippen LogP contribution < -0.4 is 4.74 Å². The van der Waals surface area contributed by atoms with Crippen molar-refractivity contribution in [3.05, 3.63) is 35.9 Å². The first-order chi connectivity index (χ1) is 6.77. The van der Waals surface area contributed by atoms with Gasteiger partial charge in [0.25, 0.3) is 0 Å². The number of hydrogen-bond donors (Lipinski definition) is 0. The quantitative estimate of drug-likeness (QED) is 0.682. The predicted octanol–water partition coefficient (Wildman–Crippen LogP) is 1.90. The van der Waals surface area contributed by atoms with E-state index in [0.717, 1.165) is 0 Å². The molecule has 4 heteroatoms. The molecule has 0 unspecified atom stereocenters. The van der Waals surface area contributed by atoms with Crippen LogP contribution in [0, 0.1) is 5.82 Å². The highest BCUT2D eigenvalue weighted by Gasteiger charge is 2.11. The highest BCUT2D eigenvalue weighted by molar-refractivity contribution is 5.89. The number of halogens is 1. The van der Waals surface area contributed by atoms with E-state index in [4.69, 9.17) is 4.74 Å². The van der Waals surface area contributed by atoms with E-state index in [1.807, 2.05) is 0 Å². The third kappa shape index (κ3) is 1.08. The second-order valence-electron chi connectivity index (χ2n) is 2.84. The Morgan fingerprint density at radius 1 is 1.43 bits per heavy atom. The van der Waals surface area contributed by atoms with Crippen molar-refractivity contribution >= 4 is 11.8 Å². The first-order valence-electron chi connectivity index (χ1n) is 4.06. The van der Waals surface area contributed by atoms with Crippen molar-refractivity contribution in [2.45, 2.75) is 0 Å². The number of pyridine rings is 1. The number of hydrogen-bond acceptors (Lipinski definition) is 2. The van der Waals surface area contributed by atoms with E-state index < -0.39 is 5.82 Å². The Kier molecular flexibility index (Phi) is 1.96. The fraction of sp³-hybridized carbons (Fsp3) is 0.100. The third-order valence-electron chi connectivity index (χ3n) is 2.09. The summed E-state index contributed by atoms with van der Waals surface area (Å²) >= 11 is 0. The summed E-state index contributed by atoms with van der Waals surface area (Å²) in [6.45, 7) is 0. The lowest BCUT2D eigenvalue weighted by molar-refractivity contribution is 0.112. The number of aromatic nitrogens is 1. The average molecular weight is 193 g/mol. The molecule has 0 amide bonds. The lowest BCUT2D eigenvalue weighted by atomic mass is 10.2. The van der Waals surface area contributed by atoms with E-state index in [0.29, 0.717) is 17.4 Å². The van der Waals surface area contributed by atoms with Crippen molar-refractivity contribution in [2.24, 2.45) is 0 Å². The summed E-state index contributed by atoms with van der Waals surface area (Å²) in [4.78, 5) is 10.7. The largest absolute Gasteiger partial charge is 0.492 e. The van der Waals surface area contributed by atoms with Gasteiger partial charge in [0, 0.05) is 18.0 Å². The van der Waals surface area contributed by atoms with E-state index in [-0.39, 0.29) is 5.75 Å². The Morgan fingerprint density at radius 2 is 2.14 bits per heavy atom. The second-order valence-corrected chi connectivity index (χ2v) is 2.84. The van der Waals surface area contributed by atoms with Crippen LogP contribution in [0.1, 0.15) is 10.4 Å². The van der Waals surface area contributed by atoms with Crippen LogP contribution in [0.4, 0.5) is 4.39 Å². The molecule has 0 bridgehead atoms. The minimum Gasteiger partial charge on any atom is -0.492 e. The molecular formula is C10H8FNO2. The van der Waals surface area contributed by atoms with Gasteiger partial charge in [0.05, 0.1) is 7.11 Å². The highest BCUT2D eigenvalue weighted by Crippen LogP contribution is 2.26. The minimum absolute atomic E-state index is 0.0969. The summed E-state index contributed by atoms with van der Waals surface area (Å²) in [7, 11) is 1.37. The van der Waals surface area contributed by atoms with Gasteiger partial charge in [-0.3, -0.25) is 4.79 Å². The summed E-state index contributed by atoms with van der Waals surface area (Å²) in [5, 5.41) is 0. The van der Waals surface area contributed by atoms with Crippen molar-refractivity contribution < 1.29 is 13.9 Å². The minimum atomic E-state index is -0.471. The molecule has 0 spiro atoms. The van der Waals surface area contributed by atoms with Crippen LogP contribution >= 0.6 is 0 Å². The first-order valence-corrected chi connectivity index (χ1v) is 4.06. The highest BCUT2D eigenvalue weighted by atomic mass is 19.1. The molecule has 14 heavy (non-hydrogen) atoms. The average Bonchev–Trinajstić information content (AvgIpc) is 2.61. The second kappa shape index (κ2) is 3.14. The first kappa shape index (κ1) is 8.74. The molecule has 0 radical (unpaired) electrons. The molecule has 0 aromatic carbocycles. The van der Waals surface area contributed by atoms with Crippen molar-refractivity contribution in [1.82, 2.24) is 4.40 Å². The van der Waals surface area contributed by atoms with Gasteiger partial charge in [-0.1, -0.05) is 0 Å². The summed E-state index contributed by atoms with van der Waals surface area (Å²) in [5.74, 6) is -0.374. The number of nitrogens with zero attached hydrogens (tertiary/aromatic N) is 1. The SMILES string of the molecule is COc1c(F)ccn2ccc(C=O)c12. The number of methoxy groups -OCH3 is 1. The summed E-state index contributed by atoms with van der Waals surface area (Å²) < 4.78 is 19.8. The number of rotatable bonds is 2. The normalized spacial score (nSPS) is 10.4. The fourth-order valence-corrected chi connectivity index (χ4v) is 1.46. The molecule has 3 nitrogen and oxygen atoms in total. The smallest absolute Gasteiger partial charge is 0.179 e. The Labute approximate surface area is 79.7 Å². The predicted molar refractivity (Wildman–Crippen MR) is 49.3 cm³/mol. The monoisotopic (exact) mass is 193 g/mol. The summed E-state index contributed by atoms with van der Waals surface area (Å²) in [6.07, 6.45) is 3.90. The Bertz CT molecular complexity index is 490. The lowest BCUT2D eigenvalue weighted by Crippen LogP contribution is -1.94. The molecule has 72 valence electrons. The maximum absolute atomic E-state index is 13.3. The molecule has 2 aromatic rings. The molecule has 2 aromatic heterocycles. The van der Waals surface area contributed by atoms with Crippen LogP contribution in [0.3, 0.4) is 0 Å². The molecular weight excluding hydrogens is 185 g/mol. The van der Waals surface area contributed by atoms with E-state index in [1.54, 1.807) is 22.9 Å². The summed E-state index contributed by atoms with van der Waals surface area (Å²) in [5.41, 5.74) is 0.879. The van der Waals surface area contributed by atoms with Crippen molar-refractivity contribution in [2.75, 3.05) is 7.11 Å². The van der Waals surface area contributed by atoms with Gasteiger partial charge in [0.1, 0.15) is 5.52 Å². The van der Waals surface area contributed by atoms with Crippen LogP contribution in [0.5, 0.6) is 5.75 Å². The van der Waals surface area contributed by atoms with Crippen LogP contribution in [-0.4, -0.2) is 17.8 Å². The Hall–Kier alpha value is -1.84. The van der Waals surface area contributed by atoms with Crippen LogP contribution in [0.2, 0.25) is 0 Å². The maximum atomic E-state index is 13.3. The van der Waals surface area contributed by atoms with E-state index >= 15 is 0 Å². The van der Waals surface area contributed by atoms with Crippen molar-refractivity contribution in [3.63, 3.8) is 0 Å². The van der Waals surface area contributed by atoms with Gasteiger partial charge in [-0.25, -0.2) is 4.39 Å². The number of carbonyl (C=O) groups excluding carboxylic acids is 1. The fourth-order valence-electron chi connectivity index (χ4n) is 1.46. The third-order valence-corrected chi connectivity index (χ3v) is 2.09. The van der Waals surface area contributed by atoms with Crippen molar-refractivity contribution in [3.8, 4) is 5.75 Å². The van der Waals surface area contributed by atoms with Gasteiger partial charge in [-0.15, -0.1) is 0 Å². The zero-order valence-corrected chi connectivity index (χ0v) is 7.53. The molecule has 2 heterocycles. The standard InChI is InChI=1S/C10H8FNO2/c1-14-10-8(11)3-5-12-4-2-7(6-13)9(10)12/h2-6H,1H3. The van der Waals surface area contributed by atoms with Crippen LogP contribution in [-0.2, 0) is 0 Å². The summed E-state index contributed by atoms with van der Waals surface area (Å²) in [6, 6.07) is 2.91. The van der Waals surface area contributed by atoms with Gasteiger partial charge in [0.15, 0.2) is 17.9 Å². The molecule has 2 rings (SSSR count). The number of fused-ring (bicyclic) bond motifs is 1. The lowest BCUT2D eigenvalue weighted by Gasteiger charge is -2.04. The molecule has 0 aliphatic heterocycles. The van der Waals surface area contributed by atoms with Crippen LogP contribution in [0.25, 0.3) is 5.52 Å². The molecule has 0 atom stereocenters. The zero-order chi connectivity index (χ0) is 10.1. The number of aldehydes is 1. The van der Waals surface area contributed by atoms with Gasteiger partial charge in [0.2, 0.25) is 0 Å². The van der Waals surface area contributed by atoms with Gasteiger partial charge < -0.3 is 9.14 Å². The van der Waals surface area contributed by atoms with E-state index in [9.17, 15) is 9.18 Å². The zero-order valence-electron chi connectivity index (χ0n) is 7.53. The molecule has 0 aliphatic rings. The van der Waals surface area contributed by atoms with Crippen molar-refractivity contribution in [1.29, 1.82) is 0 Å². The Morgan fingerprint density at radius 3 is 2.79 bits per heavy atom. The van der Waals surface area contributed by atoms with Gasteiger partial charge in [-0.05, 0) is 12.1 Å². The molecule has 0 aliphatic carbocycles. The topological polar surface area (TPSA) is 30.7 Å². The molecule has 0 saturated carbocycles.